The summed E-state index contributed by atoms with van der Waals surface area (Å²) in [4.78, 5) is 69.3. The Kier molecular flexibility index (Phi) is 9.19. The fourth-order valence-electron chi connectivity index (χ4n) is 5.53. The molecule has 1 saturated heterocycles. The smallest absolute Gasteiger partial charge is 0.338 e. The average molecular weight is 729 g/mol. The van der Waals surface area contributed by atoms with Crippen LogP contribution in [0.3, 0.4) is 0 Å². The lowest BCUT2D eigenvalue weighted by molar-refractivity contribution is -0.122. The van der Waals surface area contributed by atoms with E-state index in [0.717, 1.165) is 28.0 Å². The van der Waals surface area contributed by atoms with Gasteiger partial charge in [-0.3, -0.25) is 19.2 Å². The maximum Gasteiger partial charge on any atom is 0.338 e. The topological polar surface area (TPSA) is 195 Å². The molecule has 3 aromatic carbocycles. The second-order valence-electron chi connectivity index (χ2n) is 10.6. The van der Waals surface area contributed by atoms with E-state index in [2.05, 4.69) is 10.3 Å². The first-order chi connectivity index (χ1) is 22.8. The van der Waals surface area contributed by atoms with Crippen molar-refractivity contribution >= 4 is 79.8 Å². The number of benzene rings is 3. The van der Waals surface area contributed by atoms with E-state index in [0.29, 0.717) is 26.2 Å². The molecule has 1 aromatic heterocycles. The lowest BCUT2D eigenvalue weighted by atomic mass is 9.82. The van der Waals surface area contributed by atoms with Gasteiger partial charge in [0, 0.05) is 27.1 Å². The van der Waals surface area contributed by atoms with Crippen LogP contribution in [0.4, 0.5) is 11.4 Å². The number of esters is 1. The summed E-state index contributed by atoms with van der Waals surface area (Å²) < 4.78 is 34.0. The van der Waals surface area contributed by atoms with Crippen LogP contribution < -0.4 is 25.0 Å². The predicted octanol–water partition coefficient (Wildman–Crippen LogP) is 3.73. The van der Waals surface area contributed by atoms with Gasteiger partial charge < -0.3 is 19.8 Å². The van der Waals surface area contributed by atoms with E-state index in [4.69, 9.17) is 26.2 Å². The molecule has 3 amide bonds. The maximum absolute atomic E-state index is 14.2. The number of thioether (sulfide) groups is 1. The van der Waals surface area contributed by atoms with Crippen molar-refractivity contribution in [1.82, 2.24) is 4.98 Å². The zero-order valence-electron chi connectivity index (χ0n) is 24.8. The number of aromatic amines is 1. The number of sulfonamides is 1. The molecule has 0 saturated carbocycles. The number of thiazole rings is 1. The fraction of sp³-hybridized carbons (Fsp3) is 0.194. The van der Waals surface area contributed by atoms with E-state index < -0.39 is 57.4 Å². The summed E-state index contributed by atoms with van der Waals surface area (Å²) in [7, 11) is -3.91. The molecule has 4 N–H and O–H groups in total. The zero-order chi connectivity index (χ0) is 34.3. The molecule has 13 nitrogen and oxygen atoms in total. The highest BCUT2D eigenvalue weighted by Gasteiger charge is 2.57. The van der Waals surface area contributed by atoms with Gasteiger partial charge in [0.2, 0.25) is 21.8 Å². The molecule has 2 aliphatic rings. The summed E-state index contributed by atoms with van der Waals surface area (Å²) in [5.41, 5.74) is 1.21. The Morgan fingerprint density at radius 2 is 1.73 bits per heavy atom. The van der Waals surface area contributed by atoms with Crippen LogP contribution in [0.2, 0.25) is 5.02 Å². The minimum Gasteiger partial charge on any atom is -0.483 e. The summed E-state index contributed by atoms with van der Waals surface area (Å²) in [6, 6.07) is 15.8. The molecule has 0 spiro atoms. The molecule has 17 heteroatoms. The number of primary sulfonamides is 1. The van der Waals surface area contributed by atoms with Gasteiger partial charge in [-0.2, -0.15) is 0 Å². The normalized spacial score (nSPS) is 18.6. The van der Waals surface area contributed by atoms with Gasteiger partial charge in [-0.1, -0.05) is 34.7 Å². The number of rotatable bonds is 9. The lowest BCUT2D eigenvalue weighted by Crippen LogP contribution is -2.32. The van der Waals surface area contributed by atoms with Crippen LogP contribution in [-0.2, 0) is 29.1 Å². The van der Waals surface area contributed by atoms with Crippen LogP contribution in [0, 0.1) is 5.92 Å². The Hall–Kier alpha value is -4.48. The molecule has 0 radical (unpaired) electrons. The Labute approximate surface area is 286 Å². The highest BCUT2D eigenvalue weighted by Crippen LogP contribution is 2.54. The number of hydrogen-bond donors (Lipinski definition) is 3. The fourth-order valence-corrected chi connectivity index (χ4v) is 8.73. The number of nitrogens with one attached hydrogen (secondary N) is 2. The lowest BCUT2D eigenvalue weighted by Gasteiger charge is -2.31. The number of ether oxygens (including phenoxy) is 2. The third kappa shape index (κ3) is 6.49. The van der Waals surface area contributed by atoms with E-state index in [1.807, 2.05) is 0 Å². The van der Waals surface area contributed by atoms with Gasteiger partial charge in [0.15, 0.2) is 6.61 Å². The molecule has 4 aromatic rings. The number of halogens is 1. The SMILES string of the molecule is CCOC(=O)c1ccc(N2C(=O)C3Sc4[nH]c(=O)sc4[C@H](c4cc(Cl)ccc4OCC(=O)Nc4ccc(S(N)(=O)=O)cc4)C3C2=O)cc1. The third-order valence-corrected chi connectivity index (χ3v) is 11.2. The highest BCUT2D eigenvalue weighted by molar-refractivity contribution is 8.00. The van der Waals surface area contributed by atoms with Gasteiger partial charge in [-0.25, -0.2) is 23.3 Å². The summed E-state index contributed by atoms with van der Waals surface area (Å²) in [5.74, 6) is -3.77. The number of aromatic nitrogens is 1. The standard InChI is InChI=1S/C31H25ClN4O9S3/c1-2-44-30(40)15-3-8-18(9-4-15)36-28(38)24-23(25-27(35-31(41)47-25)46-26(24)29(36)39)20-13-16(32)5-12-21(20)45-14-22(37)34-17-6-10-19(11-7-17)48(33,42)43/h3-13,23-24,26H,2,14H2,1H3,(H,34,37)(H,35,41)(H2,33,42,43)/t23-,24?,26?/m1/s1. The molecule has 0 bridgehead atoms. The first-order valence-electron chi connectivity index (χ1n) is 14.3. The average Bonchev–Trinajstić information content (AvgIpc) is 3.54. The second kappa shape index (κ2) is 13.2. The van der Waals surface area contributed by atoms with Crippen molar-refractivity contribution in [3.63, 3.8) is 0 Å². The van der Waals surface area contributed by atoms with E-state index in [9.17, 15) is 32.4 Å². The first kappa shape index (κ1) is 33.4. The highest BCUT2D eigenvalue weighted by atomic mass is 35.5. The van der Waals surface area contributed by atoms with Gasteiger partial charge in [-0.15, -0.1) is 0 Å². The number of nitrogens with two attached hydrogens (primary N) is 1. The van der Waals surface area contributed by atoms with Crippen LogP contribution in [-0.4, -0.2) is 55.6 Å². The zero-order valence-corrected chi connectivity index (χ0v) is 28.0. The van der Waals surface area contributed by atoms with Crippen molar-refractivity contribution in [3.05, 3.63) is 97.4 Å². The van der Waals surface area contributed by atoms with E-state index in [1.165, 1.54) is 54.6 Å². The van der Waals surface area contributed by atoms with Crippen molar-refractivity contribution in [1.29, 1.82) is 0 Å². The molecular weight excluding hydrogens is 704 g/mol. The quantitative estimate of drug-likeness (QED) is 0.169. The number of imide groups is 1. The molecule has 3 atom stereocenters. The Balaban J connectivity index is 1.30. The summed E-state index contributed by atoms with van der Waals surface area (Å²) in [6.07, 6.45) is 0. The summed E-state index contributed by atoms with van der Waals surface area (Å²) >= 11 is 8.41. The molecule has 2 unspecified atom stereocenters. The van der Waals surface area contributed by atoms with Gasteiger partial charge >= 0.3 is 10.8 Å². The number of carbonyl (C=O) groups excluding carboxylic acids is 4. The summed E-state index contributed by atoms with van der Waals surface area (Å²) in [5, 5.41) is 7.54. The Morgan fingerprint density at radius 1 is 1.02 bits per heavy atom. The van der Waals surface area contributed by atoms with Crippen molar-refractivity contribution < 1.29 is 37.1 Å². The van der Waals surface area contributed by atoms with Crippen LogP contribution in [0.1, 0.15) is 33.6 Å². The molecule has 0 aliphatic carbocycles. The van der Waals surface area contributed by atoms with Crippen LogP contribution in [0.15, 0.2) is 81.4 Å². The van der Waals surface area contributed by atoms with Gasteiger partial charge in [0.05, 0.1) is 33.7 Å². The largest absolute Gasteiger partial charge is 0.483 e. The molecule has 248 valence electrons. The van der Waals surface area contributed by atoms with Gasteiger partial charge in [0.25, 0.3) is 5.91 Å². The molecule has 6 rings (SSSR count). The second-order valence-corrected chi connectivity index (χ2v) is 14.8. The molecule has 48 heavy (non-hydrogen) atoms. The molecule has 1 fully saturated rings. The van der Waals surface area contributed by atoms with Crippen molar-refractivity contribution in [2.45, 2.75) is 28.0 Å². The van der Waals surface area contributed by atoms with Crippen molar-refractivity contribution in [2.24, 2.45) is 11.1 Å². The van der Waals surface area contributed by atoms with Crippen LogP contribution >= 0.6 is 34.7 Å². The molecule has 3 heterocycles. The van der Waals surface area contributed by atoms with E-state index >= 15 is 0 Å². The van der Waals surface area contributed by atoms with Crippen molar-refractivity contribution in [3.8, 4) is 5.75 Å². The third-order valence-electron chi connectivity index (χ3n) is 7.59. The minimum absolute atomic E-state index is 0.120. The number of fused-ring (bicyclic) bond motifs is 2. The van der Waals surface area contributed by atoms with E-state index in [-0.39, 0.29) is 33.4 Å². The predicted molar refractivity (Wildman–Crippen MR) is 178 cm³/mol. The summed E-state index contributed by atoms with van der Waals surface area (Å²) in [6.45, 7) is 1.39. The number of carbonyl (C=O) groups is 4. The number of hydrogen-bond acceptors (Lipinski definition) is 11. The monoisotopic (exact) mass is 728 g/mol. The minimum atomic E-state index is -3.91. The van der Waals surface area contributed by atoms with Gasteiger partial charge in [0.1, 0.15) is 11.0 Å². The number of H-pyrrole nitrogens is 1. The van der Waals surface area contributed by atoms with E-state index in [1.54, 1.807) is 19.1 Å². The van der Waals surface area contributed by atoms with Gasteiger partial charge in [-0.05, 0) is 73.7 Å². The molecular formula is C31H25ClN4O9S3. The van der Waals surface area contributed by atoms with Crippen LogP contribution in [0.25, 0.3) is 0 Å². The maximum atomic E-state index is 14.2. The Morgan fingerprint density at radius 3 is 2.40 bits per heavy atom. The Bertz CT molecular complexity index is 2120. The first-order valence-corrected chi connectivity index (χ1v) is 17.9. The van der Waals surface area contributed by atoms with Crippen molar-refractivity contribution in [2.75, 3.05) is 23.4 Å². The van der Waals surface area contributed by atoms with Crippen LogP contribution in [0.5, 0.6) is 5.75 Å². The number of anilines is 2. The number of nitrogens with zero attached hydrogens (tertiary/aromatic N) is 1. The molecule has 2 aliphatic heterocycles. The number of amides is 3.